The summed E-state index contributed by atoms with van der Waals surface area (Å²) in [6.07, 6.45) is 1.60. The van der Waals surface area contributed by atoms with E-state index in [1.165, 1.54) is 14.2 Å². The Morgan fingerprint density at radius 1 is 1.21 bits per heavy atom. The van der Waals surface area contributed by atoms with Crippen LogP contribution in [0.25, 0.3) is 0 Å². The molecular formula is C16H15IN4O3. The number of ether oxygens (including phenoxy) is 2. The van der Waals surface area contributed by atoms with E-state index in [4.69, 9.17) is 9.47 Å². The summed E-state index contributed by atoms with van der Waals surface area (Å²) in [6.45, 7) is 0.0479. The molecule has 3 rings (SSSR count). The van der Waals surface area contributed by atoms with Crippen LogP contribution in [0, 0.1) is 3.57 Å². The Balaban J connectivity index is 2.23. The van der Waals surface area contributed by atoms with Crippen molar-refractivity contribution in [1.29, 1.82) is 0 Å². The van der Waals surface area contributed by atoms with E-state index < -0.39 is 0 Å². The number of aliphatic imine (C=N–C) groups is 1. The predicted octanol–water partition coefficient (Wildman–Crippen LogP) is 1.91. The SMILES string of the molecule is COc1ncc(C2=NCC(=O)N(C)c3ccc(I)cc32)c(OC)n1. The van der Waals surface area contributed by atoms with Gasteiger partial charge in [-0.25, -0.2) is 4.98 Å². The van der Waals surface area contributed by atoms with Crippen LogP contribution in [0.2, 0.25) is 0 Å². The molecule has 1 aromatic carbocycles. The zero-order valence-corrected chi connectivity index (χ0v) is 15.6. The van der Waals surface area contributed by atoms with Crippen molar-refractivity contribution in [3.63, 3.8) is 0 Å². The van der Waals surface area contributed by atoms with Crippen LogP contribution in [-0.2, 0) is 4.79 Å². The second-order valence-electron chi connectivity index (χ2n) is 5.06. The summed E-state index contributed by atoms with van der Waals surface area (Å²) >= 11 is 2.23. The molecule has 0 fully saturated rings. The van der Waals surface area contributed by atoms with Crippen molar-refractivity contribution in [2.24, 2.45) is 4.99 Å². The quantitative estimate of drug-likeness (QED) is 0.685. The highest BCUT2D eigenvalue weighted by Gasteiger charge is 2.25. The molecule has 0 N–H and O–H groups in total. The smallest absolute Gasteiger partial charge is 0.319 e. The molecule has 2 aromatic rings. The van der Waals surface area contributed by atoms with Crippen LogP contribution in [0.15, 0.2) is 29.4 Å². The molecule has 2 heterocycles. The molecule has 0 aliphatic carbocycles. The summed E-state index contributed by atoms with van der Waals surface area (Å²) in [6, 6.07) is 6.05. The first kappa shape index (κ1) is 16.6. The van der Waals surface area contributed by atoms with Crippen molar-refractivity contribution < 1.29 is 14.3 Å². The number of nitrogens with zero attached hydrogens (tertiary/aromatic N) is 4. The summed E-state index contributed by atoms with van der Waals surface area (Å²) < 4.78 is 11.4. The number of rotatable bonds is 3. The fourth-order valence-corrected chi connectivity index (χ4v) is 2.95. The summed E-state index contributed by atoms with van der Waals surface area (Å²) in [4.78, 5) is 26.7. The Labute approximate surface area is 152 Å². The molecule has 0 radical (unpaired) electrons. The standard InChI is InChI=1S/C16H15IN4O3/c1-21-12-5-4-9(17)6-10(12)14(18-8-13(21)22)11-7-19-16(24-3)20-15(11)23-2/h4-7H,8H2,1-3H3. The zero-order chi connectivity index (χ0) is 17.3. The van der Waals surface area contributed by atoms with Crippen LogP contribution in [0.1, 0.15) is 11.1 Å². The zero-order valence-electron chi connectivity index (χ0n) is 13.4. The van der Waals surface area contributed by atoms with Crippen molar-refractivity contribution in [2.45, 2.75) is 0 Å². The van der Waals surface area contributed by atoms with Crippen molar-refractivity contribution >= 4 is 39.9 Å². The second kappa shape index (κ2) is 6.71. The lowest BCUT2D eigenvalue weighted by Gasteiger charge is -2.18. The maximum atomic E-state index is 12.2. The molecule has 1 aliphatic heterocycles. The number of hydrogen-bond acceptors (Lipinski definition) is 6. The highest BCUT2D eigenvalue weighted by Crippen LogP contribution is 2.30. The summed E-state index contributed by atoms with van der Waals surface area (Å²) in [5.74, 6) is 0.267. The van der Waals surface area contributed by atoms with Crippen LogP contribution < -0.4 is 14.4 Å². The Morgan fingerprint density at radius 2 is 2.00 bits per heavy atom. The van der Waals surface area contributed by atoms with E-state index in [-0.39, 0.29) is 18.5 Å². The Hall–Kier alpha value is -2.23. The number of aromatic nitrogens is 2. The molecule has 0 spiro atoms. The average molecular weight is 438 g/mol. The van der Waals surface area contributed by atoms with Crippen molar-refractivity contribution in [3.05, 3.63) is 39.1 Å². The van der Waals surface area contributed by atoms with Gasteiger partial charge in [0.1, 0.15) is 6.54 Å². The average Bonchev–Trinajstić information content (AvgIpc) is 2.72. The van der Waals surface area contributed by atoms with Crippen LogP contribution in [0.5, 0.6) is 11.9 Å². The number of methoxy groups -OCH3 is 2. The number of likely N-dealkylation sites (N-methyl/N-ethyl adjacent to an activating group) is 1. The lowest BCUT2D eigenvalue weighted by Crippen LogP contribution is -2.27. The molecule has 8 heteroatoms. The molecule has 0 unspecified atom stereocenters. The third-order valence-corrected chi connectivity index (χ3v) is 4.36. The second-order valence-corrected chi connectivity index (χ2v) is 6.30. The molecule has 0 saturated carbocycles. The number of fused-ring (bicyclic) bond motifs is 1. The maximum absolute atomic E-state index is 12.2. The molecule has 0 bridgehead atoms. The van der Waals surface area contributed by atoms with Crippen molar-refractivity contribution in [2.75, 3.05) is 32.7 Å². The largest absolute Gasteiger partial charge is 0.480 e. The van der Waals surface area contributed by atoms with E-state index in [2.05, 4.69) is 37.6 Å². The molecule has 124 valence electrons. The van der Waals surface area contributed by atoms with Gasteiger partial charge in [0.2, 0.25) is 11.8 Å². The number of amides is 1. The summed E-state index contributed by atoms with van der Waals surface area (Å²) in [5, 5.41) is 0. The van der Waals surface area contributed by atoms with Gasteiger partial charge in [-0.05, 0) is 40.8 Å². The van der Waals surface area contributed by atoms with Gasteiger partial charge >= 0.3 is 6.01 Å². The van der Waals surface area contributed by atoms with Gasteiger partial charge in [0.05, 0.1) is 31.2 Å². The van der Waals surface area contributed by atoms with E-state index in [0.717, 1.165) is 14.8 Å². The molecule has 1 aromatic heterocycles. The number of benzene rings is 1. The van der Waals surface area contributed by atoms with Gasteiger partial charge in [0, 0.05) is 22.4 Å². The number of halogens is 1. The number of carbonyl (C=O) groups excluding carboxylic acids is 1. The van der Waals surface area contributed by atoms with E-state index in [9.17, 15) is 4.79 Å². The number of carbonyl (C=O) groups is 1. The van der Waals surface area contributed by atoms with Crippen LogP contribution >= 0.6 is 22.6 Å². The third-order valence-electron chi connectivity index (χ3n) is 3.68. The minimum absolute atomic E-state index is 0.0479. The van der Waals surface area contributed by atoms with Gasteiger partial charge in [-0.3, -0.25) is 9.79 Å². The predicted molar refractivity (Wildman–Crippen MR) is 98.2 cm³/mol. The number of hydrogen-bond donors (Lipinski definition) is 0. The topological polar surface area (TPSA) is 76.9 Å². The molecule has 1 amide bonds. The first-order chi connectivity index (χ1) is 11.5. The van der Waals surface area contributed by atoms with Gasteiger partial charge in [-0.2, -0.15) is 4.98 Å². The minimum atomic E-state index is -0.0825. The highest BCUT2D eigenvalue weighted by atomic mass is 127. The van der Waals surface area contributed by atoms with Crippen molar-refractivity contribution in [1.82, 2.24) is 9.97 Å². The van der Waals surface area contributed by atoms with Gasteiger partial charge in [0.25, 0.3) is 0 Å². The highest BCUT2D eigenvalue weighted by molar-refractivity contribution is 14.1. The van der Waals surface area contributed by atoms with E-state index >= 15 is 0 Å². The summed E-state index contributed by atoms with van der Waals surface area (Å²) in [5.41, 5.74) is 2.86. The lowest BCUT2D eigenvalue weighted by molar-refractivity contribution is -0.116. The van der Waals surface area contributed by atoms with Crippen molar-refractivity contribution in [3.8, 4) is 11.9 Å². The monoisotopic (exact) mass is 438 g/mol. The van der Waals surface area contributed by atoms with Gasteiger partial charge < -0.3 is 14.4 Å². The van der Waals surface area contributed by atoms with Gasteiger partial charge in [-0.15, -0.1) is 0 Å². The maximum Gasteiger partial charge on any atom is 0.319 e. The fraction of sp³-hybridized carbons (Fsp3) is 0.250. The molecule has 0 saturated heterocycles. The first-order valence-electron chi connectivity index (χ1n) is 7.11. The minimum Gasteiger partial charge on any atom is -0.480 e. The van der Waals surface area contributed by atoms with Gasteiger partial charge in [0.15, 0.2) is 0 Å². The normalized spacial score (nSPS) is 13.9. The molecule has 0 atom stereocenters. The Bertz CT molecular complexity index is 838. The Morgan fingerprint density at radius 3 is 2.71 bits per heavy atom. The first-order valence-corrected chi connectivity index (χ1v) is 8.19. The molecular weight excluding hydrogens is 423 g/mol. The molecule has 24 heavy (non-hydrogen) atoms. The molecule has 1 aliphatic rings. The Kier molecular flexibility index (Phi) is 4.65. The van der Waals surface area contributed by atoms with E-state index in [0.29, 0.717) is 17.2 Å². The lowest BCUT2D eigenvalue weighted by atomic mass is 10.0. The number of anilines is 1. The van der Waals surface area contributed by atoms with E-state index in [1.54, 1.807) is 18.1 Å². The van der Waals surface area contributed by atoms with Crippen LogP contribution in [0.3, 0.4) is 0 Å². The fourth-order valence-electron chi connectivity index (χ4n) is 2.46. The van der Waals surface area contributed by atoms with Crippen LogP contribution in [0.4, 0.5) is 5.69 Å². The molecule has 7 nitrogen and oxygen atoms in total. The number of benzodiazepines with no additional fused rings is 1. The van der Waals surface area contributed by atoms with Gasteiger partial charge in [-0.1, -0.05) is 0 Å². The third kappa shape index (κ3) is 2.93. The summed E-state index contributed by atoms with van der Waals surface area (Å²) in [7, 11) is 4.76. The van der Waals surface area contributed by atoms with Crippen LogP contribution in [-0.4, -0.2) is 49.4 Å². The van der Waals surface area contributed by atoms with E-state index in [1.807, 2.05) is 18.2 Å².